The molecule has 1 saturated heterocycles. The van der Waals surface area contributed by atoms with Crippen molar-refractivity contribution >= 4 is 33.5 Å². The van der Waals surface area contributed by atoms with E-state index < -0.39 is 12.3 Å². The van der Waals surface area contributed by atoms with Gasteiger partial charge in [-0.15, -0.1) is 0 Å². The summed E-state index contributed by atoms with van der Waals surface area (Å²) in [6.45, 7) is 2.84. The second-order valence-corrected chi connectivity index (χ2v) is 7.03. The molecular weight excluding hydrogens is 272 g/mol. The number of ether oxygens (including phenoxy) is 2. The number of hydrogen-bond donors (Lipinski definition) is 0. The minimum Gasteiger partial charge on any atom is -0.426 e. The first-order chi connectivity index (χ1) is 8.58. The van der Waals surface area contributed by atoms with Crippen LogP contribution in [0.3, 0.4) is 0 Å². The number of carbonyl (C=O) groups is 2. The molecule has 0 bridgehead atoms. The van der Waals surface area contributed by atoms with Crippen LogP contribution in [0.5, 0.6) is 0 Å². The number of esters is 2. The average molecular weight is 292 g/mol. The molecule has 0 aliphatic carbocycles. The highest BCUT2D eigenvalue weighted by Gasteiger charge is 2.16. The smallest absolute Gasteiger partial charge is 0.308 e. The topological polar surface area (TPSA) is 52.6 Å². The van der Waals surface area contributed by atoms with Gasteiger partial charge in [0.15, 0.2) is 0 Å². The van der Waals surface area contributed by atoms with Crippen molar-refractivity contribution in [2.45, 2.75) is 57.5 Å². The quantitative estimate of drug-likeness (QED) is 0.311. The van der Waals surface area contributed by atoms with Crippen LogP contribution in [0.15, 0.2) is 0 Å². The SMILES string of the molecule is CC(=O)OC(C)OC(=O)CCCCC1CCSS1. The summed E-state index contributed by atoms with van der Waals surface area (Å²) in [5.74, 6) is 0.514. The standard InChI is InChI=1S/C12H20O4S2/c1-9(13)15-10(2)16-12(14)6-4-3-5-11-7-8-17-18-11/h10-11H,3-8H2,1-2H3. The normalized spacial score (nSPS) is 20.4. The fourth-order valence-electron chi connectivity index (χ4n) is 1.71. The molecule has 0 aromatic rings. The Balaban J connectivity index is 2.00. The Morgan fingerprint density at radius 1 is 1.33 bits per heavy atom. The van der Waals surface area contributed by atoms with Gasteiger partial charge in [0.1, 0.15) is 0 Å². The van der Waals surface area contributed by atoms with Gasteiger partial charge in [-0.2, -0.15) is 0 Å². The van der Waals surface area contributed by atoms with E-state index in [1.807, 2.05) is 21.6 Å². The summed E-state index contributed by atoms with van der Waals surface area (Å²) in [5, 5.41) is 0.756. The van der Waals surface area contributed by atoms with Crippen molar-refractivity contribution in [3.63, 3.8) is 0 Å². The Morgan fingerprint density at radius 3 is 2.72 bits per heavy atom. The van der Waals surface area contributed by atoms with Gasteiger partial charge < -0.3 is 9.47 Å². The van der Waals surface area contributed by atoms with Gasteiger partial charge >= 0.3 is 11.9 Å². The van der Waals surface area contributed by atoms with Gasteiger partial charge in [0.05, 0.1) is 0 Å². The Hall–Kier alpha value is -0.360. The van der Waals surface area contributed by atoms with Crippen LogP contribution in [-0.2, 0) is 19.1 Å². The van der Waals surface area contributed by atoms with E-state index in [1.165, 1.54) is 25.5 Å². The number of rotatable bonds is 7. The van der Waals surface area contributed by atoms with E-state index in [2.05, 4.69) is 0 Å². The lowest BCUT2D eigenvalue weighted by atomic mass is 10.1. The number of unbranched alkanes of at least 4 members (excludes halogenated alkanes) is 1. The number of carbonyl (C=O) groups excluding carboxylic acids is 2. The summed E-state index contributed by atoms with van der Waals surface area (Å²) in [6.07, 6.45) is 3.96. The summed E-state index contributed by atoms with van der Waals surface area (Å²) >= 11 is 0. The zero-order chi connectivity index (χ0) is 13.4. The second-order valence-electron chi connectivity index (χ2n) is 4.24. The van der Waals surface area contributed by atoms with Crippen LogP contribution in [0, 0.1) is 0 Å². The molecule has 6 heteroatoms. The first kappa shape index (κ1) is 15.7. The highest BCUT2D eigenvalue weighted by molar-refractivity contribution is 8.77. The van der Waals surface area contributed by atoms with Crippen LogP contribution >= 0.6 is 21.6 Å². The largest absolute Gasteiger partial charge is 0.426 e. The molecule has 1 aliphatic heterocycles. The molecule has 0 radical (unpaired) electrons. The van der Waals surface area contributed by atoms with Crippen molar-refractivity contribution in [2.75, 3.05) is 5.75 Å². The zero-order valence-electron chi connectivity index (χ0n) is 10.8. The molecule has 1 heterocycles. The van der Waals surface area contributed by atoms with Gasteiger partial charge in [0, 0.05) is 31.3 Å². The highest BCUT2D eigenvalue weighted by Crippen LogP contribution is 2.39. The lowest BCUT2D eigenvalue weighted by Gasteiger charge is -2.12. The Kier molecular flexibility index (Phi) is 7.58. The maximum atomic E-state index is 11.4. The molecule has 0 aromatic heterocycles. The van der Waals surface area contributed by atoms with Crippen LogP contribution in [0.25, 0.3) is 0 Å². The first-order valence-electron chi connectivity index (χ1n) is 6.23. The lowest BCUT2D eigenvalue weighted by molar-refractivity contribution is -0.182. The van der Waals surface area contributed by atoms with Crippen molar-refractivity contribution < 1.29 is 19.1 Å². The molecule has 1 fully saturated rings. The fourth-order valence-corrected chi connectivity index (χ4v) is 4.74. The minimum atomic E-state index is -0.781. The van der Waals surface area contributed by atoms with Gasteiger partial charge in [-0.1, -0.05) is 28.0 Å². The molecular formula is C12H20O4S2. The molecule has 0 saturated carbocycles. The minimum absolute atomic E-state index is 0.294. The molecule has 1 aliphatic rings. The van der Waals surface area contributed by atoms with Gasteiger partial charge in [-0.05, 0) is 19.3 Å². The molecule has 4 nitrogen and oxygen atoms in total. The molecule has 1 rings (SSSR count). The summed E-state index contributed by atoms with van der Waals surface area (Å²) in [4.78, 5) is 22.0. The monoisotopic (exact) mass is 292 g/mol. The summed E-state index contributed by atoms with van der Waals surface area (Å²) in [6, 6.07) is 0. The maximum absolute atomic E-state index is 11.4. The lowest BCUT2D eigenvalue weighted by Crippen LogP contribution is -2.20. The van der Waals surface area contributed by atoms with Crippen LogP contribution in [0.2, 0.25) is 0 Å². The second kappa shape index (κ2) is 8.69. The van der Waals surface area contributed by atoms with Crippen molar-refractivity contribution in [1.29, 1.82) is 0 Å². The molecule has 2 atom stereocenters. The van der Waals surface area contributed by atoms with Crippen molar-refractivity contribution in [3.05, 3.63) is 0 Å². The van der Waals surface area contributed by atoms with Crippen LogP contribution in [0.4, 0.5) is 0 Å². The van der Waals surface area contributed by atoms with Gasteiger partial charge in [0.2, 0.25) is 6.29 Å². The van der Waals surface area contributed by atoms with Crippen molar-refractivity contribution in [2.24, 2.45) is 0 Å². The van der Waals surface area contributed by atoms with Crippen molar-refractivity contribution in [3.8, 4) is 0 Å². The third-order valence-electron chi connectivity index (χ3n) is 2.51. The molecule has 0 aromatic carbocycles. The van der Waals surface area contributed by atoms with E-state index >= 15 is 0 Å². The molecule has 0 N–H and O–H groups in total. The van der Waals surface area contributed by atoms with Gasteiger partial charge in [-0.3, -0.25) is 9.59 Å². The maximum Gasteiger partial charge on any atom is 0.308 e. The van der Waals surface area contributed by atoms with Gasteiger partial charge in [0.25, 0.3) is 0 Å². The zero-order valence-corrected chi connectivity index (χ0v) is 12.5. The van der Waals surface area contributed by atoms with E-state index in [-0.39, 0.29) is 5.97 Å². The summed E-state index contributed by atoms with van der Waals surface area (Å²) in [5.41, 5.74) is 0. The van der Waals surface area contributed by atoms with E-state index in [0.717, 1.165) is 18.1 Å². The molecule has 18 heavy (non-hydrogen) atoms. The van der Waals surface area contributed by atoms with E-state index in [0.29, 0.717) is 6.42 Å². The average Bonchev–Trinajstić information content (AvgIpc) is 2.75. The predicted molar refractivity (Wildman–Crippen MR) is 74.2 cm³/mol. The molecule has 0 amide bonds. The predicted octanol–water partition coefficient (Wildman–Crippen LogP) is 3.15. The van der Waals surface area contributed by atoms with E-state index in [1.54, 1.807) is 6.92 Å². The number of hydrogen-bond acceptors (Lipinski definition) is 6. The summed E-state index contributed by atoms with van der Waals surface area (Å²) < 4.78 is 9.66. The third-order valence-corrected chi connectivity index (χ3v) is 5.52. The first-order valence-corrected chi connectivity index (χ1v) is 8.61. The molecule has 104 valence electrons. The Bertz CT molecular complexity index is 277. The Labute approximate surface area is 116 Å². The van der Waals surface area contributed by atoms with Crippen LogP contribution in [0.1, 0.15) is 46.0 Å². The van der Waals surface area contributed by atoms with Gasteiger partial charge in [-0.25, -0.2) is 0 Å². The van der Waals surface area contributed by atoms with E-state index in [9.17, 15) is 9.59 Å². The van der Waals surface area contributed by atoms with E-state index in [4.69, 9.17) is 9.47 Å². The highest BCUT2D eigenvalue weighted by atomic mass is 33.1. The fraction of sp³-hybridized carbons (Fsp3) is 0.833. The summed E-state index contributed by atoms with van der Waals surface area (Å²) in [7, 11) is 3.90. The molecule has 2 unspecified atom stereocenters. The third kappa shape index (κ3) is 7.16. The van der Waals surface area contributed by atoms with Crippen LogP contribution < -0.4 is 0 Å². The Morgan fingerprint density at radius 2 is 2.11 bits per heavy atom. The van der Waals surface area contributed by atoms with Crippen molar-refractivity contribution in [1.82, 2.24) is 0 Å². The molecule has 0 spiro atoms. The van der Waals surface area contributed by atoms with Crippen LogP contribution in [-0.4, -0.2) is 29.2 Å².